The maximum absolute atomic E-state index is 3.68. The molecule has 2 nitrogen and oxygen atoms in total. The monoisotopic (exact) mass is 223 g/mol. The molecule has 1 N–H and O–H groups in total. The van der Waals surface area contributed by atoms with Gasteiger partial charge in [0.25, 0.3) is 0 Å². The maximum atomic E-state index is 3.68. The fourth-order valence-corrected chi connectivity index (χ4v) is 1.06. The van der Waals surface area contributed by atoms with E-state index in [0.29, 0.717) is 0 Å². The van der Waals surface area contributed by atoms with Crippen molar-refractivity contribution in [3.8, 4) is 0 Å². The van der Waals surface area contributed by atoms with Gasteiger partial charge < -0.3 is 9.80 Å². The number of nitrogens with zero attached hydrogens (tertiary/aromatic N) is 1. The predicted molar refractivity (Wildman–Crippen MR) is 75.5 cm³/mol. The Bertz CT molecular complexity index is 185. The summed E-state index contributed by atoms with van der Waals surface area (Å²) in [5.41, 5.74) is 0. The average molecular weight is 223 g/mol. The van der Waals surface area contributed by atoms with Crippen LogP contribution in [0.5, 0.6) is 0 Å². The summed E-state index contributed by atoms with van der Waals surface area (Å²) in [5.74, 6) is 0. The Morgan fingerprint density at radius 1 is 0.812 bits per heavy atom. The highest BCUT2D eigenvalue weighted by Gasteiger charge is 2.07. The van der Waals surface area contributed by atoms with Crippen molar-refractivity contribution < 1.29 is 4.48 Å². The van der Waals surface area contributed by atoms with Crippen LogP contribution in [0.1, 0.15) is 0 Å². The lowest BCUT2D eigenvalue weighted by Crippen LogP contribution is -2.39. The minimum Gasteiger partial charge on any atom is -0.322 e. The molecule has 0 heterocycles. The zero-order valence-electron chi connectivity index (χ0n) is 10.9. The molecule has 0 aliphatic rings. The zero-order valence-corrected chi connectivity index (χ0v) is 10.9. The van der Waals surface area contributed by atoms with Crippen LogP contribution in [0.25, 0.3) is 0 Å². The number of nitrogens with one attached hydrogen (secondary N) is 1. The first-order chi connectivity index (χ1) is 7.54. The van der Waals surface area contributed by atoms with E-state index in [1.807, 2.05) is 24.3 Å². The molecule has 0 rings (SSSR count). The van der Waals surface area contributed by atoms with Crippen molar-refractivity contribution >= 4 is 0 Å². The van der Waals surface area contributed by atoms with Crippen LogP contribution in [0.3, 0.4) is 0 Å². The topological polar surface area (TPSA) is 12.0 Å². The molecule has 0 saturated heterocycles. The molecule has 0 atom stereocenters. The minimum atomic E-state index is 0.867. The first kappa shape index (κ1) is 17.3. The van der Waals surface area contributed by atoms with E-state index in [0.717, 1.165) is 30.7 Å². The van der Waals surface area contributed by atoms with E-state index in [1.165, 1.54) is 0 Å². The number of hydrogen-bond donors (Lipinski definition) is 1. The van der Waals surface area contributed by atoms with Crippen molar-refractivity contribution in [2.75, 3.05) is 40.3 Å². The summed E-state index contributed by atoms with van der Waals surface area (Å²) in [6.45, 7) is 18.2. The Kier molecular flexibility index (Phi) is 12.9. The Morgan fingerprint density at radius 2 is 1.19 bits per heavy atom. The van der Waals surface area contributed by atoms with Crippen molar-refractivity contribution in [1.29, 1.82) is 0 Å². The van der Waals surface area contributed by atoms with Crippen LogP contribution >= 0.6 is 0 Å². The molecule has 0 bridgehead atoms. The van der Waals surface area contributed by atoms with Crippen LogP contribution in [0.4, 0.5) is 0 Å². The lowest BCUT2D eigenvalue weighted by Gasteiger charge is -2.26. The molecule has 16 heavy (non-hydrogen) atoms. The second-order valence-electron chi connectivity index (χ2n) is 4.11. The molecule has 0 spiro atoms. The van der Waals surface area contributed by atoms with E-state index in [9.17, 15) is 0 Å². The number of rotatable bonds is 8. The lowest BCUT2D eigenvalue weighted by atomic mass is 10.4. The van der Waals surface area contributed by atoms with Gasteiger partial charge in [0.05, 0.1) is 27.2 Å². The molecule has 0 aromatic rings. The molecule has 92 valence electrons. The van der Waals surface area contributed by atoms with E-state index in [4.69, 9.17) is 0 Å². The summed E-state index contributed by atoms with van der Waals surface area (Å²) < 4.78 is 0.951. The molecule has 0 aliphatic carbocycles. The summed E-state index contributed by atoms with van der Waals surface area (Å²) in [6.07, 6.45) is 7.51. The smallest absolute Gasteiger partial charge is 0.0969 e. The fraction of sp³-hybridized carbons (Fsp3) is 0.429. The van der Waals surface area contributed by atoms with E-state index < -0.39 is 0 Å². The van der Waals surface area contributed by atoms with E-state index in [2.05, 4.69) is 45.7 Å². The summed E-state index contributed by atoms with van der Waals surface area (Å²) in [7, 11) is 4.31. The van der Waals surface area contributed by atoms with Crippen molar-refractivity contribution in [2.24, 2.45) is 0 Å². The highest BCUT2D eigenvalue weighted by Crippen LogP contribution is 1.95. The number of quaternary nitrogens is 1. The molecule has 0 aromatic carbocycles. The molecular weight excluding hydrogens is 196 g/mol. The molecule has 2 heteroatoms. The summed E-state index contributed by atoms with van der Waals surface area (Å²) >= 11 is 0. The first-order valence-corrected chi connectivity index (χ1v) is 5.50. The molecular formula is C14H27N2+. The minimum absolute atomic E-state index is 0.867. The van der Waals surface area contributed by atoms with Gasteiger partial charge in [-0.3, -0.25) is 0 Å². The highest BCUT2D eigenvalue weighted by molar-refractivity contribution is 4.75. The number of likely N-dealkylation sites (N-methyl/N-ethyl adjacent to an activating group) is 1. The second kappa shape index (κ2) is 12.0. The molecule has 0 saturated carbocycles. The van der Waals surface area contributed by atoms with Gasteiger partial charge >= 0.3 is 0 Å². The van der Waals surface area contributed by atoms with E-state index in [-0.39, 0.29) is 0 Å². The Labute approximate surface area is 101 Å². The van der Waals surface area contributed by atoms with Crippen LogP contribution in [-0.2, 0) is 0 Å². The number of hydrogen-bond acceptors (Lipinski definition) is 1. The van der Waals surface area contributed by atoms with E-state index in [1.54, 1.807) is 0 Å². The van der Waals surface area contributed by atoms with Crippen molar-refractivity contribution in [3.63, 3.8) is 0 Å². The largest absolute Gasteiger partial charge is 0.322 e. The predicted octanol–water partition coefficient (Wildman–Crippen LogP) is 2.38. The van der Waals surface area contributed by atoms with Crippen molar-refractivity contribution in [2.45, 2.75) is 0 Å². The van der Waals surface area contributed by atoms with Gasteiger partial charge in [-0.2, -0.15) is 0 Å². The molecule has 0 amide bonds. The third-order valence-corrected chi connectivity index (χ3v) is 1.82. The van der Waals surface area contributed by atoms with Gasteiger partial charge in [0.1, 0.15) is 0 Å². The van der Waals surface area contributed by atoms with Crippen LogP contribution in [-0.4, -0.2) is 44.8 Å². The van der Waals surface area contributed by atoms with Crippen molar-refractivity contribution in [1.82, 2.24) is 5.32 Å². The van der Waals surface area contributed by atoms with Gasteiger partial charge in [-0.15, -0.1) is 13.2 Å². The second-order valence-corrected chi connectivity index (χ2v) is 4.11. The maximum Gasteiger partial charge on any atom is 0.0969 e. The molecule has 0 radical (unpaired) electrons. The van der Waals surface area contributed by atoms with Gasteiger partial charge in [0, 0.05) is 13.1 Å². The van der Waals surface area contributed by atoms with E-state index >= 15 is 0 Å². The summed E-state index contributed by atoms with van der Waals surface area (Å²) in [5, 5.41) is 3.05. The summed E-state index contributed by atoms with van der Waals surface area (Å²) in [4.78, 5) is 0. The van der Waals surface area contributed by atoms with Crippen LogP contribution in [0, 0.1) is 0 Å². The Hall–Kier alpha value is -1.12. The molecule has 0 aliphatic heterocycles. The van der Waals surface area contributed by atoms with Gasteiger partial charge in [-0.1, -0.05) is 25.3 Å². The molecule has 0 aromatic heterocycles. The van der Waals surface area contributed by atoms with Gasteiger partial charge in [0.15, 0.2) is 0 Å². The summed E-state index contributed by atoms with van der Waals surface area (Å²) in [6, 6.07) is 0. The SMILES string of the molecule is C=CCNCC=C.C=CC[N+](C)(C)CC=C. The average Bonchev–Trinajstić information content (AvgIpc) is 2.19. The Balaban J connectivity index is 0. The Morgan fingerprint density at radius 3 is 1.44 bits per heavy atom. The molecule has 0 fully saturated rings. The highest BCUT2D eigenvalue weighted by atomic mass is 15.3. The normalized spacial score (nSPS) is 9.62. The van der Waals surface area contributed by atoms with Gasteiger partial charge in [-0.05, 0) is 12.2 Å². The zero-order chi connectivity index (χ0) is 12.9. The third-order valence-electron chi connectivity index (χ3n) is 1.82. The quantitative estimate of drug-likeness (QED) is 0.378. The lowest BCUT2D eigenvalue weighted by molar-refractivity contribution is -0.878. The van der Waals surface area contributed by atoms with Gasteiger partial charge in [0.2, 0.25) is 0 Å². The third kappa shape index (κ3) is 15.4. The molecule has 0 unspecified atom stereocenters. The van der Waals surface area contributed by atoms with Crippen LogP contribution in [0.15, 0.2) is 50.6 Å². The van der Waals surface area contributed by atoms with Crippen LogP contribution in [0.2, 0.25) is 0 Å². The fourth-order valence-electron chi connectivity index (χ4n) is 1.06. The standard InChI is InChI=1S/C8H16N.C6H11N/c1-5-7-9(3,4)8-6-2;1-3-5-7-6-4-2/h5-6H,1-2,7-8H2,3-4H3;3-4,7H,1-2,5-6H2/q+1;. The van der Waals surface area contributed by atoms with Crippen LogP contribution < -0.4 is 5.32 Å². The first-order valence-electron chi connectivity index (χ1n) is 5.50. The van der Waals surface area contributed by atoms with Gasteiger partial charge in [-0.25, -0.2) is 0 Å². The van der Waals surface area contributed by atoms with Crippen molar-refractivity contribution in [3.05, 3.63) is 50.6 Å².